The number of nitrogens with zero attached hydrogens (tertiary/aromatic N) is 2. The number of nitrogens with one attached hydrogen (secondary N) is 1. The first-order valence-corrected chi connectivity index (χ1v) is 11.3. The van der Waals surface area contributed by atoms with Crippen LogP contribution in [0.5, 0.6) is 0 Å². The van der Waals surface area contributed by atoms with Crippen LogP contribution in [0, 0.1) is 20.2 Å². The molecule has 0 saturated heterocycles. The number of hydrogen-bond donors (Lipinski definition) is 1. The Morgan fingerprint density at radius 1 is 0.895 bits per heavy atom. The van der Waals surface area contributed by atoms with Crippen LogP contribution in [0.2, 0.25) is 0 Å². The van der Waals surface area contributed by atoms with E-state index < -0.39 is 62.6 Å². The Morgan fingerprint density at radius 2 is 1.58 bits per heavy atom. The van der Waals surface area contributed by atoms with Gasteiger partial charge in [-0.25, -0.2) is 0 Å². The van der Waals surface area contributed by atoms with Gasteiger partial charge in [0.2, 0.25) is 5.78 Å². The number of esters is 1. The van der Waals surface area contributed by atoms with Gasteiger partial charge in [-0.05, 0) is 24.6 Å². The topological polar surface area (TPSA) is 176 Å². The van der Waals surface area contributed by atoms with Crippen LogP contribution in [0.4, 0.5) is 11.4 Å². The van der Waals surface area contributed by atoms with Gasteiger partial charge in [-0.2, -0.15) is 0 Å². The summed E-state index contributed by atoms with van der Waals surface area (Å²) in [4.78, 5) is 73.5. The van der Waals surface area contributed by atoms with E-state index in [0.29, 0.717) is 0 Å². The van der Waals surface area contributed by atoms with Gasteiger partial charge in [0.1, 0.15) is 11.1 Å². The summed E-state index contributed by atoms with van der Waals surface area (Å²) in [5.74, 6) is -3.12. The lowest BCUT2D eigenvalue weighted by molar-refractivity contribution is -0.385. The quantitative estimate of drug-likeness (QED) is 0.207. The van der Waals surface area contributed by atoms with Crippen LogP contribution in [0.3, 0.4) is 0 Å². The maximum absolute atomic E-state index is 13.3. The Balaban J connectivity index is 1.78. The standard InChI is InChI=1S/C26H19N3O9/c1-2-38-21(30)13-20(14-6-5-7-15(12-14)28(34)35)27-26(33)19-11-10-18-22(23(19)29(36)37)25(32)17-9-4-3-8-16(17)24(18)31/h3-12,20H,2,13H2,1H3,(H,27,33)/t20-/m0/s1. The van der Waals surface area contributed by atoms with Crippen molar-refractivity contribution in [3.63, 3.8) is 0 Å². The van der Waals surface area contributed by atoms with Gasteiger partial charge in [0, 0.05) is 28.8 Å². The molecule has 1 atom stereocenters. The highest BCUT2D eigenvalue weighted by atomic mass is 16.6. The second-order valence-corrected chi connectivity index (χ2v) is 8.23. The number of carbonyl (C=O) groups excluding carboxylic acids is 4. The van der Waals surface area contributed by atoms with Gasteiger partial charge in [-0.15, -0.1) is 0 Å². The van der Waals surface area contributed by atoms with E-state index in [4.69, 9.17) is 4.74 Å². The van der Waals surface area contributed by atoms with Gasteiger partial charge in [0.25, 0.3) is 17.3 Å². The van der Waals surface area contributed by atoms with Crippen molar-refractivity contribution in [2.24, 2.45) is 0 Å². The van der Waals surface area contributed by atoms with Crippen LogP contribution in [0.25, 0.3) is 0 Å². The number of amides is 1. The van der Waals surface area contributed by atoms with Crippen LogP contribution < -0.4 is 5.32 Å². The van der Waals surface area contributed by atoms with Crippen molar-refractivity contribution < 1.29 is 33.8 Å². The Morgan fingerprint density at radius 3 is 2.21 bits per heavy atom. The highest BCUT2D eigenvalue weighted by molar-refractivity contribution is 6.30. The average Bonchev–Trinajstić information content (AvgIpc) is 2.90. The minimum atomic E-state index is -1.16. The molecule has 4 rings (SSSR count). The summed E-state index contributed by atoms with van der Waals surface area (Å²) < 4.78 is 4.94. The first kappa shape index (κ1) is 25.8. The zero-order chi connectivity index (χ0) is 27.6. The SMILES string of the molecule is CCOC(=O)C[C@H](NC(=O)c1ccc2c(c1[N+](=O)[O-])C(=O)c1ccccc1C2=O)c1cccc([N+](=O)[O-])c1. The van der Waals surface area contributed by atoms with Gasteiger partial charge in [-0.3, -0.25) is 39.4 Å². The lowest BCUT2D eigenvalue weighted by atomic mass is 9.82. The van der Waals surface area contributed by atoms with E-state index in [1.807, 2.05) is 0 Å². The number of rotatable bonds is 8. The summed E-state index contributed by atoms with van der Waals surface area (Å²) in [5.41, 5.74) is -2.15. The molecular formula is C26H19N3O9. The molecule has 1 N–H and O–H groups in total. The Bertz CT molecular complexity index is 1530. The van der Waals surface area contributed by atoms with Crippen LogP contribution >= 0.6 is 0 Å². The largest absolute Gasteiger partial charge is 0.466 e. The molecule has 0 saturated carbocycles. The number of ketones is 2. The molecule has 12 heteroatoms. The molecule has 0 unspecified atom stereocenters. The van der Waals surface area contributed by atoms with Crippen LogP contribution in [0.15, 0.2) is 60.7 Å². The summed E-state index contributed by atoms with van der Waals surface area (Å²) in [5, 5.41) is 25.8. The normalized spacial score (nSPS) is 12.7. The molecule has 3 aromatic carbocycles. The molecule has 0 spiro atoms. The molecule has 1 aliphatic carbocycles. The third kappa shape index (κ3) is 4.74. The average molecular weight is 517 g/mol. The van der Waals surface area contributed by atoms with E-state index in [0.717, 1.165) is 12.1 Å². The molecule has 1 aliphatic rings. The predicted octanol–water partition coefficient (Wildman–Crippen LogP) is 3.70. The third-order valence-corrected chi connectivity index (χ3v) is 5.96. The first-order valence-electron chi connectivity index (χ1n) is 11.3. The number of carbonyl (C=O) groups is 4. The van der Waals surface area contributed by atoms with E-state index in [1.165, 1.54) is 42.5 Å². The number of ether oxygens (including phenoxy) is 1. The zero-order valence-electron chi connectivity index (χ0n) is 19.8. The predicted molar refractivity (Wildman–Crippen MR) is 131 cm³/mol. The molecular weight excluding hydrogens is 498 g/mol. The summed E-state index contributed by atoms with van der Waals surface area (Å²) >= 11 is 0. The minimum absolute atomic E-state index is 0.0255. The van der Waals surface area contributed by atoms with Gasteiger partial charge in [-0.1, -0.05) is 36.4 Å². The highest BCUT2D eigenvalue weighted by Crippen LogP contribution is 2.36. The van der Waals surface area contributed by atoms with Crippen molar-refractivity contribution in [3.8, 4) is 0 Å². The van der Waals surface area contributed by atoms with Crippen molar-refractivity contribution in [2.75, 3.05) is 6.61 Å². The number of benzene rings is 3. The molecule has 0 bridgehead atoms. The van der Waals surface area contributed by atoms with Crippen molar-refractivity contribution >= 4 is 34.8 Å². The maximum atomic E-state index is 13.3. The Hall–Kier alpha value is -5.26. The van der Waals surface area contributed by atoms with Gasteiger partial charge >= 0.3 is 5.97 Å². The van der Waals surface area contributed by atoms with Gasteiger partial charge in [0.05, 0.1) is 28.9 Å². The van der Waals surface area contributed by atoms with Gasteiger partial charge in [0.15, 0.2) is 5.78 Å². The van der Waals surface area contributed by atoms with E-state index in [2.05, 4.69) is 5.32 Å². The fraction of sp³-hybridized carbons (Fsp3) is 0.154. The maximum Gasteiger partial charge on any atom is 0.308 e. The second kappa shape index (κ2) is 10.4. The molecule has 3 aromatic rings. The fourth-order valence-corrected chi connectivity index (χ4v) is 4.27. The third-order valence-electron chi connectivity index (χ3n) is 5.96. The number of non-ortho nitro benzene ring substituents is 1. The molecule has 38 heavy (non-hydrogen) atoms. The number of nitro groups is 2. The van der Waals surface area contributed by atoms with Crippen molar-refractivity contribution in [2.45, 2.75) is 19.4 Å². The van der Waals surface area contributed by atoms with E-state index in [-0.39, 0.29) is 34.5 Å². The van der Waals surface area contributed by atoms with Crippen molar-refractivity contribution in [1.82, 2.24) is 5.32 Å². The fourth-order valence-electron chi connectivity index (χ4n) is 4.27. The second-order valence-electron chi connectivity index (χ2n) is 8.23. The molecule has 0 radical (unpaired) electrons. The first-order chi connectivity index (χ1) is 18.1. The van der Waals surface area contributed by atoms with Crippen molar-refractivity contribution in [3.05, 3.63) is 114 Å². The molecule has 0 fully saturated rings. The Labute approximate surface area is 214 Å². The van der Waals surface area contributed by atoms with Crippen LogP contribution in [0.1, 0.15) is 67.2 Å². The summed E-state index contributed by atoms with van der Waals surface area (Å²) in [6.45, 7) is 1.62. The molecule has 192 valence electrons. The van der Waals surface area contributed by atoms with Crippen LogP contribution in [-0.2, 0) is 9.53 Å². The van der Waals surface area contributed by atoms with Crippen LogP contribution in [-0.4, -0.2) is 39.9 Å². The Kier molecular flexibility index (Phi) is 7.06. The molecule has 12 nitrogen and oxygen atoms in total. The highest BCUT2D eigenvalue weighted by Gasteiger charge is 2.39. The van der Waals surface area contributed by atoms with E-state index >= 15 is 0 Å². The number of hydrogen-bond acceptors (Lipinski definition) is 9. The van der Waals surface area contributed by atoms with E-state index in [9.17, 15) is 39.4 Å². The molecule has 0 heterocycles. The zero-order valence-corrected chi connectivity index (χ0v) is 19.8. The van der Waals surface area contributed by atoms with Crippen molar-refractivity contribution in [1.29, 1.82) is 0 Å². The van der Waals surface area contributed by atoms with E-state index in [1.54, 1.807) is 13.0 Å². The molecule has 0 aromatic heterocycles. The lowest BCUT2D eigenvalue weighted by Crippen LogP contribution is -2.32. The molecule has 0 aliphatic heterocycles. The minimum Gasteiger partial charge on any atom is -0.466 e. The number of fused-ring (bicyclic) bond motifs is 2. The number of nitro benzene ring substituents is 2. The monoisotopic (exact) mass is 517 g/mol. The summed E-state index contributed by atoms with van der Waals surface area (Å²) in [7, 11) is 0. The smallest absolute Gasteiger partial charge is 0.308 e. The van der Waals surface area contributed by atoms with Gasteiger partial charge < -0.3 is 10.1 Å². The lowest BCUT2D eigenvalue weighted by Gasteiger charge is -2.20. The molecule has 1 amide bonds. The summed E-state index contributed by atoms with van der Waals surface area (Å²) in [6, 6.07) is 12.1. The summed E-state index contributed by atoms with van der Waals surface area (Å²) in [6.07, 6.45) is -0.426.